The molecule has 8 heteroatoms. The molecular weight excluding hydrogens is 396 g/mol. The van der Waals surface area contributed by atoms with Gasteiger partial charge in [0.1, 0.15) is 18.8 Å². The minimum atomic E-state index is -0.254. The molecule has 2 aromatic rings. The summed E-state index contributed by atoms with van der Waals surface area (Å²) in [6.45, 7) is 3.66. The van der Waals surface area contributed by atoms with Crippen molar-refractivity contribution in [2.75, 3.05) is 13.7 Å². The van der Waals surface area contributed by atoms with Gasteiger partial charge < -0.3 is 14.2 Å². The lowest BCUT2D eigenvalue weighted by Gasteiger charge is -2.15. The first-order valence-corrected chi connectivity index (χ1v) is 10.7. The van der Waals surface area contributed by atoms with Crippen molar-refractivity contribution in [2.24, 2.45) is 0 Å². The van der Waals surface area contributed by atoms with Gasteiger partial charge in [0.2, 0.25) is 4.77 Å². The second kappa shape index (κ2) is 9.67. The number of carbonyl (C=O) groups excluding carboxylic acids is 1. The van der Waals surface area contributed by atoms with Gasteiger partial charge in [-0.25, -0.2) is 0 Å². The maximum Gasteiger partial charge on any atom is 0.313 e. The summed E-state index contributed by atoms with van der Waals surface area (Å²) in [4.78, 5) is 13.3. The minimum absolute atomic E-state index is 0.164. The molecule has 0 radical (unpaired) electrons. The number of nitrogens with zero attached hydrogens (tertiary/aromatic N) is 3. The average Bonchev–Trinajstić information content (AvgIpc) is 3.26. The molecule has 1 atom stereocenters. The maximum atomic E-state index is 12.1. The first-order chi connectivity index (χ1) is 13.5. The zero-order valence-electron chi connectivity index (χ0n) is 16.5. The Bertz CT molecular complexity index is 856. The normalized spacial score (nSPS) is 15.7. The van der Waals surface area contributed by atoms with E-state index in [9.17, 15) is 4.79 Å². The highest BCUT2D eigenvalue weighted by molar-refractivity contribution is 7.71. The molecule has 0 amide bonds. The molecule has 0 aliphatic heterocycles. The summed E-state index contributed by atoms with van der Waals surface area (Å²) in [6, 6.07) is 8.22. The van der Waals surface area contributed by atoms with Crippen molar-refractivity contribution >= 4 is 29.8 Å². The zero-order valence-corrected chi connectivity index (χ0v) is 18.1. The Morgan fingerprint density at radius 1 is 1.32 bits per heavy atom. The Kier molecular flexibility index (Phi) is 7.26. The van der Waals surface area contributed by atoms with E-state index in [1.807, 2.05) is 35.9 Å². The Balaban J connectivity index is 1.78. The fourth-order valence-corrected chi connectivity index (χ4v) is 4.31. The topological polar surface area (TPSA) is 53.5 Å². The van der Waals surface area contributed by atoms with Gasteiger partial charge in [0.15, 0.2) is 6.67 Å². The Morgan fingerprint density at radius 3 is 2.64 bits per heavy atom. The zero-order chi connectivity index (χ0) is 20.1. The summed E-state index contributed by atoms with van der Waals surface area (Å²) >= 11 is 11.7. The minimum Gasteiger partial charge on any atom is -0.466 e. The van der Waals surface area contributed by atoms with Crippen molar-refractivity contribution in [1.29, 1.82) is 0 Å². The number of ether oxygens (including phenoxy) is 1. The SMILES string of the molecule is CCOC(=O)Cc1nn(C[NH+](C)Cc2ccc(Cl)cc2)c(=S)n1C1CCCC1. The molecule has 1 aliphatic rings. The number of halogens is 1. The Morgan fingerprint density at radius 2 is 2.00 bits per heavy atom. The molecule has 1 N–H and O–H groups in total. The summed E-state index contributed by atoms with van der Waals surface area (Å²) in [5, 5.41) is 5.44. The predicted molar refractivity (Wildman–Crippen MR) is 111 cm³/mol. The van der Waals surface area contributed by atoms with Crippen molar-refractivity contribution in [3.8, 4) is 0 Å². The van der Waals surface area contributed by atoms with Crippen LogP contribution in [-0.4, -0.2) is 34.0 Å². The highest BCUT2D eigenvalue weighted by Gasteiger charge is 2.25. The summed E-state index contributed by atoms with van der Waals surface area (Å²) in [5.74, 6) is 0.463. The lowest BCUT2D eigenvalue weighted by molar-refractivity contribution is -0.917. The van der Waals surface area contributed by atoms with Gasteiger partial charge in [0.25, 0.3) is 0 Å². The Labute approximate surface area is 176 Å². The van der Waals surface area contributed by atoms with Gasteiger partial charge in [-0.05, 0) is 44.1 Å². The molecule has 1 fully saturated rings. The first kappa shape index (κ1) is 21.0. The van der Waals surface area contributed by atoms with Crippen LogP contribution in [0, 0.1) is 4.77 Å². The second-order valence-electron chi connectivity index (χ2n) is 7.41. The summed E-state index contributed by atoms with van der Waals surface area (Å²) in [6.07, 6.45) is 4.72. The van der Waals surface area contributed by atoms with Crippen molar-refractivity contribution in [3.63, 3.8) is 0 Å². The molecule has 28 heavy (non-hydrogen) atoms. The van der Waals surface area contributed by atoms with E-state index in [0.717, 1.165) is 30.2 Å². The standard InChI is InChI=1S/C20H27ClN4O2S/c1-3-27-19(26)12-18-22-24(20(28)25(18)17-6-4-5-7-17)14-23(2)13-15-8-10-16(21)11-9-15/h8-11,17H,3-7,12-14H2,1-2H3/p+1. The van der Waals surface area contributed by atoms with Crippen molar-refractivity contribution in [3.05, 3.63) is 45.4 Å². The van der Waals surface area contributed by atoms with Crippen LogP contribution in [0.4, 0.5) is 0 Å². The summed E-state index contributed by atoms with van der Waals surface area (Å²) in [5.41, 5.74) is 1.20. The van der Waals surface area contributed by atoms with Crippen LogP contribution in [0.25, 0.3) is 0 Å². The number of carbonyl (C=O) groups is 1. The van der Waals surface area contributed by atoms with Crippen LogP contribution in [-0.2, 0) is 29.2 Å². The third-order valence-electron chi connectivity index (χ3n) is 5.08. The van der Waals surface area contributed by atoms with Crippen LogP contribution in [0.5, 0.6) is 0 Å². The molecule has 1 saturated carbocycles. The van der Waals surface area contributed by atoms with Crippen LogP contribution in [0.2, 0.25) is 5.02 Å². The molecule has 1 aromatic carbocycles. The summed E-state index contributed by atoms with van der Waals surface area (Å²) < 4.78 is 9.77. The van der Waals surface area contributed by atoms with Gasteiger partial charge in [-0.2, -0.15) is 9.78 Å². The fraction of sp³-hybridized carbons (Fsp3) is 0.550. The van der Waals surface area contributed by atoms with Gasteiger partial charge in [-0.3, -0.25) is 4.79 Å². The third-order valence-corrected chi connectivity index (χ3v) is 5.74. The molecule has 152 valence electrons. The van der Waals surface area contributed by atoms with Crippen LogP contribution in [0.1, 0.15) is 50.0 Å². The average molecular weight is 424 g/mol. The van der Waals surface area contributed by atoms with Crippen molar-refractivity contribution in [2.45, 2.75) is 58.3 Å². The molecule has 0 bridgehead atoms. The third kappa shape index (κ3) is 5.21. The maximum absolute atomic E-state index is 12.1. The molecular formula is C20H28ClN4O2S+. The van der Waals surface area contributed by atoms with Gasteiger partial charge >= 0.3 is 5.97 Å². The smallest absolute Gasteiger partial charge is 0.313 e. The van der Waals surface area contributed by atoms with Crippen LogP contribution in [0.15, 0.2) is 24.3 Å². The number of benzene rings is 1. The number of hydrogen-bond acceptors (Lipinski definition) is 4. The molecule has 0 saturated heterocycles. The van der Waals surface area contributed by atoms with Crippen molar-refractivity contribution < 1.29 is 14.4 Å². The largest absolute Gasteiger partial charge is 0.466 e. The van der Waals surface area contributed by atoms with Crippen molar-refractivity contribution in [1.82, 2.24) is 14.3 Å². The van der Waals surface area contributed by atoms with Gasteiger partial charge in [-0.15, -0.1) is 0 Å². The molecule has 0 spiro atoms. The van der Waals surface area contributed by atoms with E-state index in [4.69, 9.17) is 33.7 Å². The first-order valence-electron chi connectivity index (χ1n) is 9.87. The predicted octanol–water partition coefficient (Wildman–Crippen LogP) is 2.96. The van der Waals surface area contributed by atoms with E-state index in [-0.39, 0.29) is 12.4 Å². The Hall–Kier alpha value is -1.70. The highest BCUT2D eigenvalue weighted by atomic mass is 35.5. The van der Waals surface area contributed by atoms with E-state index in [2.05, 4.69) is 11.6 Å². The van der Waals surface area contributed by atoms with Gasteiger partial charge in [0, 0.05) is 16.6 Å². The van der Waals surface area contributed by atoms with E-state index >= 15 is 0 Å². The molecule has 1 aromatic heterocycles. The number of quaternary nitrogens is 1. The van der Waals surface area contributed by atoms with E-state index in [0.29, 0.717) is 24.1 Å². The molecule has 3 rings (SSSR count). The molecule has 1 heterocycles. The molecule has 1 aliphatic carbocycles. The monoisotopic (exact) mass is 423 g/mol. The van der Waals surface area contributed by atoms with Gasteiger partial charge in [-0.1, -0.05) is 36.6 Å². The lowest BCUT2D eigenvalue weighted by Crippen LogP contribution is -3.07. The second-order valence-corrected chi connectivity index (χ2v) is 8.21. The summed E-state index contributed by atoms with van der Waals surface area (Å²) in [7, 11) is 2.11. The molecule has 1 unspecified atom stereocenters. The fourth-order valence-electron chi connectivity index (χ4n) is 3.82. The van der Waals surface area contributed by atoms with E-state index in [1.54, 1.807) is 0 Å². The number of nitrogens with one attached hydrogen (secondary N) is 1. The number of aromatic nitrogens is 3. The number of rotatable bonds is 8. The van der Waals surface area contributed by atoms with E-state index < -0.39 is 0 Å². The quantitative estimate of drug-likeness (QED) is 0.524. The number of esters is 1. The van der Waals surface area contributed by atoms with E-state index in [1.165, 1.54) is 23.3 Å². The lowest BCUT2D eigenvalue weighted by atomic mass is 10.2. The van der Waals surface area contributed by atoms with Crippen LogP contribution < -0.4 is 4.90 Å². The highest BCUT2D eigenvalue weighted by Crippen LogP contribution is 2.31. The number of hydrogen-bond donors (Lipinski definition) is 1. The van der Waals surface area contributed by atoms with Crippen LogP contribution >= 0.6 is 23.8 Å². The molecule has 6 nitrogen and oxygen atoms in total. The van der Waals surface area contributed by atoms with Crippen LogP contribution in [0.3, 0.4) is 0 Å². The van der Waals surface area contributed by atoms with Gasteiger partial charge in [0.05, 0.1) is 13.7 Å².